The Labute approximate surface area is 130 Å². The molecule has 7 heteroatoms. The van der Waals surface area contributed by atoms with Gasteiger partial charge in [-0.05, 0) is 45.0 Å². The molecular formula is C15H20N2O4S. The van der Waals surface area contributed by atoms with Crippen LogP contribution in [-0.4, -0.2) is 29.8 Å². The molecule has 0 fully saturated rings. The van der Waals surface area contributed by atoms with Crippen LogP contribution in [-0.2, 0) is 9.84 Å². The van der Waals surface area contributed by atoms with E-state index >= 15 is 0 Å². The normalized spacial score (nSPS) is 13.8. The number of rotatable bonds is 5. The second-order valence-electron chi connectivity index (χ2n) is 5.91. The summed E-state index contributed by atoms with van der Waals surface area (Å²) in [6.45, 7) is 5.14. The third kappa shape index (κ3) is 3.48. The molecule has 0 aromatic carbocycles. The summed E-state index contributed by atoms with van der Waals surface area (Å²) >= 11 is 0. The molecule has 0 aliphatic carbocycles. The number of aliphatic hydroxyl groups is 1. The molecule has 0 unspecified atom stereocenters. The molecule has 22 heavy (non-hydrogen) atoms. The number of hydrogen-bond acceptors (Lipinski definition) is 6. The maximum Gasteiger partial charge on any atom is 0.200 e. The van der Waals surface area contributed by atoms with Crippen molar-refractivity contribution < 1.29 is 17.9 Å². The molecule has 0 aliphatic heterocycles. The van der Waals surface area contributed by atoms with Gasteiger partial charge in [0.05, 0.1) is 22.9 Å². The Kier molecular flexibility index (Phi) is 4.58. The summed E-state index contributed by atoms with van der Waals surface area (Å²) in [6.07, 6.45) is 2.15. The monoisotopic (exact) mass is 324 g/mol. The highest BCUT2D eigenvalue weighted by Gasteiger charge is 2.31. The molecule has 0 saturated carbocycles. The molecule has 0 saturated heterocycles. The van der Waals surface area contributed by atoms with Gasteiger partial charge in [-0.15, -0.1) is 0 Å². The average Bonchev–Trinajstić information content (AvgIpc) is 2.98. The van der Waals surface area contributed by atoms with E-state index in [1.807, 2.05) is 0 Å². The lowest BCUT2D eigenvalue weighted by atomic mass is 10.2. The van der Waals surface area contributed by atoms with E-state index in [0.717, 1.165) is 0 Å². The molecule has 120 valence electrons. The lowest BCUT2D eigenvalue weighted by molar-refractivity contribution is 0.162. The molecule has 2 aromatic rings. The maximum atomic E-state index is 12.3. The highest BCUT2D eigenvalue weighted by atomic mass is 32.2. The molecular weight excluding hydrogens is 304 g/mol. The molecule has 0 amide bonds. The number of nitrogens with zero attached hydrogens (tertiary/aromatic N) is 1. The predicted molar refractivity (Wildman–Crippen MR) is 83.3 cm³/mol. The van der Waals surface area contributed by atoms with Crippen LogP contribution in [0.1, 0.15) is 32.6 Å². The maximum absolute atomic E-state index is 12.3. The molecule has 0 spiro atoms. The van der Waals surface area contributed by atoms with Crippen LogP contribution >= 0.6 is 0 Å². The fourth-order valence-corrected chi connectivity index (χ4v) is 2.82. The smallest absolute Gasteiger partial charge is 0.200 e. The van der Waals surface area contributed by atoms with E-state index < -0.39 is 20.7 Å². The number of pyridine rings is 1. The van der Waals surface area contributed by atoms with Crippen LogP contribution < -0.4 is 5.32 Å². The van der Waals surface area contributed by atoms with Gasteiger partial charge in [0.25, 0.3) is 0 Å². The van der Waals surface area contributed by atoms with Gasteiger partial charge in [0.2, 0.25) is 0 Å². The zero-order valence-electron chi connectivity index (χ0n) is 12.8. The van der Waals surface area contributed by atoms with E-state index in [9.17, 15) is 13.5 Å². The predicted octanol–water partition coefficient (Wildman–Crippen LogP) is 2.39. The second-order valence-corrected chi connectivity index (χ2v) is 8.56. The van der Waals surface area contributed by atoms with Crippen molar-refractivity contribution in [2.45, 2.75) is 36.6 Å². The van der Waals surface area contributed by atoms with Crippen molar-refractivity contribution >= 4 is 15.5 Å². The molecule has 2 aromatic heterocycles. The fraction of sp³-hybridized carbons (Fsp3) is 0.400. The second kappa shape index (κ2) is 6.10. The molecule has 2 heterocycles. The van der Waals surface area contributed by atoms with Crippen LogP contribution in [0, 0.1) is 0 Å². The van der Waals surface area contributed by atoms with Gasteiger partial charge in [-0.3, -0.25) is 0 Å². The Bertz CT molecular complexity index is 701. The first-order valence-corrected chi connectivity index (χ1v) is 8.36. The lowest BCUT2D eigenvalue weighted by Crippen LogP contribution is -2.28. The minimum atomic E-state index is -3.46. The summed E-state index contributed by atoms with van der Waals surface area (Å²) in [5, 5.41) is 12.9. The first-order valence-electron chi connectivity index (χ1n) is 6.88. The number of aliphatic hydroxyl groups excluding tert-OH is 1. The molecule has 0 radical (unpaired) electrons. The van der Waals surface area contributed by atoms with E-state index in [1.165, 1.54) is 18.5 Å². The zero-order chi connectivity index (χ0) is 16.4. The van der Waals surface area contributed by atoms with Gasteiger partial charge in [-0.2, -0.15) is 0 Å². The van der Waals surface area contributed by atoms with Crippen molar-refractivity contribution in [2.75, 3.05) is 11.9 Å². The van der Waals surface area contributed by atoms with Gasteiger partial charge in [0.15, 0.2) is 14.9 Å². The molecule has 1 atom stereocenters. The van der Waals surface area contributed by atoms with Crippen LogP contribution in [0.2, 0.25) is 0 Å². The lowest BCUT2D eigenvalue weighted by Gasteiger charge is -2.18. The third-order valence-corrected chi connectivity index (χ3v) is 5.59. The average molecular weight is 324 g/mol. The van der Waals surface area contributed by atoms with Crippen LogP contribution in [0.25, 0.3) is 0 Å². The van der Waals surface area contributed by atoms with Gasteiger partial charge >= 0.3 is 0 Å². The Morgan fingerprint density at radius 2 is 2.05 bits per heavy atom. The quantitative estimate of drug-likeness (QED) is 0.877. The third-order valence-electron chi connectivity index (χ3n) is 3.19. The first-order chi connectivity index (χ1) is 10.2. The van der Waals surface area contributed by atoms with E-state index in [0.29, 0.717) is 11.4 Å². The summed E-state index contributed by atoms with van der Waals surface area (Å²) in [5.41, 5.74) is 0.624. The van der Waals surface area contributed by atoms with Crippen molar-refractivity contribution in [1.82, 2.24) is 4.98 Å². The minimum absolute atomic E-state index is 0.0390. The highest BCUT2D eigenvalue weighted by molar-refractivity contribution is 7.92. The number of nitrogens with one attached hydrogen (secondary N) is 1. The Balaban J connectivity index is 2.04. The molecule has 2 N–H and O–H groups in total. The molecule has 0 bridgehead atoms. The van der Waals surface area contributed by atoms with E-state index in [2.05, 4.69) is 10.3 Å². The molecule has 0 aliphatic rings. The van der Waals surface area contributed by atoms with Gasteiger partial charge < -0.3 is 14.8 Å². The standard InChI is InChI=1S/C15H20N2O4S/c1-15(2,3)22(19,20)14-7-6-11(9-17-14)16-10-12(18)13-5-4-8-21-13/h4-9,12,16,18H,10H2,1-3H3/t12-/m0/s1. The van der Waals surface area contributed by atoms with Crippen molar-refractivity contribution in [3.05, 3.63) is 42.5 Å². The van der Waals surface area contributed by atoms with Gasteiger partial charge in [0, 0.05) is 6.54 Å². The van der Waals surface area contributed by atoms with Gasteiger partial charge in [-0.25, -0.2) is 13.4 Å². The van der Waals surface area contributed by atoms with Crippen molar-refractivity contribution in [2.24, 2.45) is 0 Å². The Hall–Kier alpha value is -1.86. The summed E-state index contributed by atoms with van der Waals surface area (Å²) in [4.78, 5) is 4.00. The molecule has 2 rings (SSSR count). The van der Waals surface area contributed by atoms with E-state index in [1.54, 1.807) is 39.0 Å². The first kappa shape index (κ1) is 16.5. The largest absolute Gasteiger partial charge is 0.467 e. The minimum Gasteiger partial charge on any atom is -0.467 e. The SMILES string of the molecule is CC(C)(C)S(=O)(=O)c1ccc(NC[C@H](O)c2ccco2)cn1. The van der Waals surface area contributed by atoms with Crippen LogP contribution in [0.3, 0.4) is 0 Å². The zero-order valence-corrected chi connectivity index (χ0v) is 13.6. The fourth-order valence-electron chi connectivity index (χ4n) is 1.75. The van der Waals surface area contributed by atoms with Gasteiger partial charge in [0.1, 0.15) is 11.9 Å². The summed E-state index contributed by atoms with van der Waals surface area (Å²) in [6, 6.07) is 6.47. The van der Waals surface area contributed by atoms with E-state index in [-0.39, 0.29) is 11.6 Å². The number of hydrogen-bond donors (Lipinski definition) is 2. The summed E-state index contributed by atoms with van der Waals surface area (Å²) < 4.78 is 28.7. The van der Waals surface area contributed by atoms with Crippen LogP contribution in [0.5, 0.6) is 0 Å². The summed E-state index contributed by atoms with van der Waals surface area (Å²) in [7, 11) is -3.46. The number of sulfone groups is 1. The highest BCUT2D eigenvalue weighted by Crippen LogP contribution is 2.24. The van der Waals surface area contributed by atoms with Crippen molar-refractivity contribution in [3.8, 4) is 0 Å². The van der Waals surface area contributed by atoms with Gasteiger partial charge in [-0.1, -0.05) is 0 Å². The Morgan fingerprint density at radius 1 is 1.32 bits per heavy atom. The van der Waals surface area contributed by atoms with Crippen LogP contribution in [0.4, 0.5) is 5.69 Å². The number of furan rings is 1. The topological polar surface area (TPSA) is 92.4 Å². The Morgan fingerprint density at radius 3 is 2.55 bits per heavy atom. The number of anilines is 1. The van der Waals surface area contributed by atoms with Crippen LogP contribution in [0.15, 0.2) is 46.2 Å². The van der Waals surface area contributed by atoms with E-state index in [4.69, 9.17) is 4.42 Å². The summed E-state index contributed by atoms with van der Waals surface area (Å²) in [5.74, 6) is 0.465. The number of aromatic nitrogens is 1. The van der Waals surface area contributed by atoms with Crippen molar-refractivity contribution in [3.63, 3.8) is 0 Å². The molecule has 6 nitrogen and oxygen atoms in total. The van der Waals surface area contributed by atoms with Crippen molar-refractivity contribution in [1.29, 1.82) is 0 Å².